The van der Waals surface area contributed by atoms with E-state index < -0.39 is 0 Å². The zero-order chi connectivity index (χ0) is 11.6. The van der Waals surface area contributed by atoms with Crippen LogP contribution in [0.15, 0.2) is 30.3 Å². The molecule has 0 saturated carbocycles. The van der Waals surface area contributed by atoms with Crippen molar-refractivity contribution >= 4 is 22.0 Å². The number of hydrogen-bond acceptors (Lipinski definition) is 2. The molecule has 0 radical (unpaired) electrons. The number of alkyl carbamates (subject to hydrolysis) is 1. The van der Waals surface area contributed by atoms with Gasteiger partial charge in [-0.2, -0.15) is 0 Å². The second-order valence-corrected chi connectivity index (χ2v) is 4.13. The van der Waals surface area contributed by atoms with Crippen molar-refractivity contribution in [2.75, 3.05) is 18.5 Å². The summed E-state index contributed by atoms with van der Waals surface area (Å²) in [5, 5.41) is 3.57. The van der Waals surface area contributed by atoms with Gasteiger partial charge in [-0.05, 0) is 18.4 Å². The fourth-order valence-corrected chi connectivity index (χ4v) is 1.45. The molecule has 0 aliphatic rings. The minimum absolute atomic E-state index is 0.336. The van der Waals surface area contributed by atoms with Gasteiger partial charge in [0.15, 0.2) is 0 Å². The number of nitrogens with one attached hydrogen (secondary N) is 1. The van der Waals surface area contributed by atoms with Gasteiger partial charge < -0.3 is 10.1 Å². The number of hydrogen-bond donors (Lipinski definition) is 1. The summed E-state index contributed by atoms with van der Waals surface area (Å²) in [6.07, 6.45) is 1.33. The third-order valence-electron chi connectivity index (χ3n) is 2.04. The molecule has 0 saturated heterocycles. The summed E-state index contributed by atoms with van der Waals surface area (Å²) in [7, 11) is 0. The molecule has 1 N–H and O–H groups in total. The van der Waals surface area contributed by atoms with E-state index in [0.717, 1.165) is 18.2 Å². The highest BCUT2D eigenvalue weighted by molar-refractivity contribution is 9.09. The van der Waals surface area contributed by atoms with Crippen LogP contribution >= 0.6 is 15.9 Å². The van der Waals surface area contributed by atoms with Gasteiger partial charge in [0.1, 0.15) is 0 Å². The SMILES string of the molecule is O=C(NCCc1ccccc1)OCCCBr. The minimum atomic E-state index is -0.336. The van der Waals surface area contributed by atoms with E-state index in [1.54, 1.807) is 0 Å². The number of benzene rings is 1. The lowest BCUT2D eigenvalue weighted by atomic mass is 10.1. The van der Waals surface area contributed by atoms with Crippen LogP contribution in [-0.4, -0.2) is 24.6 Å². The Labute approximate surface area is 104 Å². The van der Waals surface area contributed by atoms with Crippen LogP contribution < -0.4 is 5.32 Å². The molecule has 0 atom stereocenters. The summed E-state index contributed by atoms with van der Waals surface area (Å²) in [5.41, 5.74) is 1.21. The highest BCUT2D eigenvalue weighted by Crippen LogP contribution is 1.98. The van der Waals surface area contributed by atoms with Gasteiger partial charge in [-0.3, -0.25) is 0 Å². The normalized spacial score (nSPS) is 9.81. The zero-order valence-corrected chi connectivity index (χ0v) is 10.7. The van der Waals surface area contributed by atoms with Gasteiger partial charge >= 0.3 is 6.09 Å². The van der Waals surface area contributed by atoms with E-state index in [4.69, 9.17) is 4.74 Å². The first-order chi connectivity index (χ1) is 7.83. The van der Waals surface area contributed by atoms with Crippen LogP contribution in [0.2, 0.25) is 0 Å². The van der Waals surface area contributed by atoms with E-state index in [-0.39, 0.29) is 6.09 Å². The summed E-state index contributed by atoms with van der Waals surface area (Å²) in [6.45, 7) is 1.07. The van der Waals surface area contributed by atoms with Crippen LogP contribution in [0.1, 0.15) is 12.0 Å². The van der Waals surface area contributed by atoms with E-state index >= 15 is 0 Å². The summed E-state index contributed by atoms with van der Waals surface area (Å²) >= 11 is 3.27. The largest absolute Gasteiger partial charge is 0.450 e. The number of carbonyl (C=O) groups excluding carboxylic acids is 1. The molecule has 1 amide bonds. The van der Waals surface area contributed by atoms with Crippen molar-refractivity contribution in [1.82, 2.24) is 5.32 Å². The average Bonchev–Trinajstić information content (AvgIpc) is 2.31. The maximum atomic E-state index is 11.2. The predicted molar refractivity (Wildman–Crippen MR) is 67.9 cm³/mol. The first-order valence-corrected chi connectivity index (χ1v) is 6.45. The molecule has 0 spiro atoms. The summed E-state index contributed by atoms with van der Waals surface area (Å²) in [6, 6.07) is 10.0. The number of rotatable bonds is 6. The monoisotopic (exact) mass is 285 g/mol. The molecule has 3 nitrogen and oxygen atoms in total. The van der Waals surface area contributed by atoms with Crippen LogP contribution in [0.4, 0.5) is 4.79 Å². The Bertz CT molecular complexity index is 303. The minimum Gasteiger partial charge on any atom is -0.450 e. The summed E-state index contributed by atoms with van der Waals surface area (Å²) in [4.78, 5) is 11.2. The summed E-state index contributed by atoms with van der Waals surface area (Å²) in [5.74, 6) is 0. The smallest absolute Gasteiger partial charge is 0.407 e. The Hall–Kier alpha value is -1.03. The van der Waals surface area contributed by atoms with E-state index in [0.29, 0.717) is 13.2 Å². The van der Waals surface area contributed by atoms with Gasteiger partial charge in [-0.25, -0.2) is 4.79 Å². The molecule has 0 heterocycles. The zero-order valence-electron chi connectivity index (χ0n) is 9.12. The van der Waals surface area contributed by atoms with E-state index in [1.165, 1.54) is 5.56 Å². The predicted octanol–water partition coefficient (Wildman–Crippen LogP) is 2.74. The molecule has 0 aliphatic heterocycles. The van der Waals surface area contributed by atoms with Gasteiger partial charge in [-0.15, -0.1) is 0 Å². The quantitative estimate of drug-likeness (QED) is 0.645. The van der Waals surface area contributed by atoms with Crippen molar-refractivity contribution in [3.8, 4) is 0 Å². The van der Waals surface area contributed by atoms with E-state index in [2.05, 4.69) is 21.2 Å². The first kappa shape index (κ1) is 13.0. The maximum absolute atomic E-state index is 11.2. The lowest BCUT2D eigenvalue weighted by molar-refractivity contribution is 0.147. The molecular formula is C12H16BrNO2. The lowest BCUT2D eigenvalue weighted by Gasteiger charge is -2.06. The molecule has 16 heavy (non-hydrogen) atoms. The Kier molecular flexibility index (Phi) is 6.65. The number of carbonyl (C=O) groups is 1. The third-order valence-corrected chi connectivity index (χ3v) is 2.60. The van der Waals surface area contributed by atoms with Crippen molar-refractivity contribution in [3.05, 3.63) is 35.9 Å². The fourth-order valence-electron chi connectivity index (χ4n) is 1.22. The van der Waals surface area contributed by atoms with Crippen LogP contribution in [-0.2, 0) is 11.2 Å². The topological polar surface area (TPSA) is 38.3 Å². The summed E-state index contributed by atoms with van der Waals surface area (Å²) < 4.78 is 4.94. The van der Waals surface area contributed by atoms with Crippen LogP contribution in [0.3, 0.4) is 0 Å². The maximum Gasteiger partial charge on any atom is 0.407 e. The van der Waals surface area contributed by atoms with Crippen molar-refractivity contribution in [1.29, 1.82) is 0 Å². The molecule has 0 fully saturated rings. The van der Waals surface area contributed by atoms with Crippen LogP contribution in [0.25, 0.3) is 0 Å². The van der Waals surface area contributed by atoms with Crippen LogP contribution in [0.5, 0.6) is 0 Å². The number of amides is 1. The fraction of sp³-hybridized carbons (Fsp3) is 0.417. The second kappa shape index (κ2) is 8.16. The Morgan fingerprint density at radius 3 is 2.75 bits per heavy atom. The highest BCUT2D eigenvalue weighted by Gasteiger charge is 2.00. The molecule has 0 bridgehead atoms. The van der Waals surface area contributed by atoms with E-state index in [9.17, 15) is 4.79 Å². The van der Waals surface area contributed by atoms with Crippen molar-refractivity contribution in [2.45, 2.75) is 12.8 Å². The molecule has 1 aromatic carbocycles. The van der Waals surface area contributed by atoms with Gasteiger partial charge in [-0.1, -0.05) is 46.3 Å². The lowest BCUT2D eigenvalue weighted by Crippen LogP contribution is -2.26. The molecule has 1 rings (SSSR count). The van der Waals surface area contributed by atoms with Gasteiger partial charge in [0.25, 0.3) is 0 Å². The third kappa shape index (κ3) is 5.75. The van der Waals surface area contributed by atoms with Crippen molar-refractivity contribution in [2.24, 2.45) is 0 Å². The highest BCUT2D eigenvalue weighted by atomic mass is 79.9. The molecule has 1 aromatic rings. The van der Waals surface area contributed by atoms with Crippen molar-refractivity contribution in [3.63, 3.8) is 0 Å². The van der Waals surface area contributed by atoms with Gasteiger partial charge in [0.2, 0.25) is 0 Å². The number of ether oxygens (including phenoxy) is 1. The molecule has 0 aliphatic carbocycles. The second-order valence-electron chi connectivity index (χ2n) is 3.34. The van der Waals surface area contributed by atoms with Gasteiger partial charge in [0.05, 0.1) is 6.61 Å². The van der Waals surface area contributed by atoms with Crippen LogP contribution in [0, 0.1) is 0 Å². The molecule has 4 heteroatoms. The standard InChI is InChI=1S/C12H16BrNO2/c13-8-4-10-16-12(15)14-9-7-11-5-2-1-3-6-11/h1-3,5-6H,4,7-10H2,(H,14,15). The average molecular weight is 286 g/mol. The van der Waals surface area contributed by atoms with Gasteiger partial charge in [0, 0.05) is 11.9 Å². The van der Waals surface area contributed by atoms with E-state index in [1.807, 2.05) is 30.3 Å². The molecule has 0 aromatic heterocycles. The first-order valence-electron chi connectivity index (χ1n) is 5.33. The molecular weight excluding hydrogens is 270 g/mol. The Balaban J connectivity index is 2.09. The number of halogens is 1. The number of alkyl halides is 1. The molecule has 0 unspecified atom stereocenters. The molecule has 88 valence electrons. The Morgan fingerprint density at radius 2 is 2.06 bits per heavy atom. The van der Waals surface area contributed by atoms with Crippen molar-refractivity contribution < 1.29 is 9.53 Å². The Morgan fingerprint density at radius 1 is 1.31 bits per heavy atom.